The predicted octanol–water partition coefficient (Wildman–Crippen LogP) is -0.516. The van der Waals surface area contributed by atoms with Crippen LogP contribution in [0.4, 0.5) is 11.8 Å². The van der Waals surface area contributed by atoms with Crippen molar-refractivity contribution < 1.29 is 9.53 Å². The number of nitrogens with zero attached hydrogens (tertiary/aromatic N) is 3. The number of anilines is 2. The fourth-order valence-corrected chi connectivity index (χ4v) is 1.96. The average Bonchev–Trinajstić information content (AvgIpc) is 2.80. The van der Waals surface area contributed by atoms with Crippen molar-refractivity contribution in [2.75, 3.05) is 37.4 Å². The van der Waals surface area contributed by atoms with Crippen LogP contribution in [0.3, 0.4) is 0 Å². The molecule has 0 bridgehead atoms. The monoisotopic (exact) mass is 251 g/mol. The molecule has 0 aromatic carbocycles. The first-order chi connectivity index (χ1) is 8.56. The van der Waals surface area contributed by atoms with Crippen molar-refractivity contribution in [1.29, 1.82) is 0 Å². The van der Waals surface area contributed by atoms with Gasteiger partial charge in [0.25, 0.3) is 0 Å². The second-order valence-corrected chi connectivity index (χ2v) is 4.39. The number of likely N-dealkylation sites (N-methyl/N-ethyl adjacent to an activating group) is 1. The first-order valence-corrected chi connectivity index (χ1v) is 5.78. The Morgan fingerprint density at radius 2 is 2.39 bits per heavy atom. The highest BCUT2D eigenvalue weighted by Gasteiger charge is 2.21. The molecule has 1 aliphatic rings. The Labute approximate surface area is 105 Å². The van der Waals surface area contributed by atoms with Crippen LogP contribution in [0, 0.1) is 0 Å². The van der Waals surface area contributed by atoms with E-state index in [0.29, 0.717) is 12.4 Å². The average molecular weight is 251 g/mol. The molecule has 1 aromatic heterocycles. The second-order valence-electron chi connectivity index (χ2n) is 4.39. The third kappa shape index (κ3) is 2.86. The molecule has 2 rings (SSSR count). The van der Waals surface area contributed by atoms with Crippen LogP contribution < -0.4 is 16.4 Å². The van der Waals surface area contributed by atoms with Gasteiger partial charge < -0.3 is 21.1 Å². The lowest BCUT2D eigenvalue weighted by Gasteiger charge is -2.18. The summed E-state index contributed by atoms with van der Waals surface area (Å²) in [5, 5.41) is 0. The van der Waals surface area contributed by atoms with Crippen molar-refractivity contribution >= 4 is 17.7 Å². The van der Waals surface area contributed by atoms with E-state index >= 15 is 0 Å². The lowest BCUT2D eigenvalue weighted by Crippen LogP contribution is -2.31. The van der Waals surface area contributed by atoms with Crippen LogP contribution in [0.5, 0.6) is 0 Å². The fraction of sp³-hybridized carbons (Fsp3) is 0.545. The van der Waals surface area contributed by atoms with Crippen LogP contribution in [0.2, 0.25) is 0 Å². The Balaban J connectivity index is 2.22. The van der Waals surface area contributed by atoms with Gasteiger partial charge >= 0.3 is 0 Å². The third-order valence-electron chi connectivity index (χ3n) is 2.88. The highest BCUT2D eigenvalue weighted by atomic mass is 16.5. The molecule has 18 heavy (non-hydrogen) atoms. The zero-order valence-electron chi connectivity index (χ0n) is 10.3. The second kappa shape index (κ2) is 5.18. The van der Waals surface area contributed by atoms with E-state index in [4.69, 9.17) is 16.2 Å². The largest absolute Gasteiger partial charge is 0.381 e. The van der Waals surface area contributed by atoms with E-state index in [0.717, 1.165) is 18.7 Å². The van der Waals surface area contributed by atoms with Crippen LogP contribution in [-0.2, 0) is 9.53 Å². The lowest BCUT2D eigenvalue weighted by molar-refractivity contribution is -0.116. The molecule has 7 heteroatoms. The molecule has 7 nitrogen and oxygen atoms in total. The molecule has 98 valence electrons. The molecular formula is C11H17N5O2. The van der Waals surface area contributed by atoms with Crippen LogP contribution in [0.1, 0.15) is 18.0 Å². The maximum Gasteiger partial charge on any atom is 0.236 e. The molecule has 0 saturated carbocycles. The molecule has 1 aliphatic heterocycles. The number of primary amides is 1. The van der Waals surface area contributed by atoms with E-state index in [-0.39, 0.29) is 18.4 Å². The third-order valence-corrected chi connectivity index (χ3v) is 2.88. The lowest BCUT2D eigenvalue weighted by atomic mass is 10.0. The topological polar surface area (TPSA) is 107 Å². The number of rotatable bonds is 4. The summed E-state index contributed by atoms with van der Waals surface area (Å²) in [4.78, 5) is 20.9. The van der Waals surface area contributed by atoms with Crippen LogP contribution in [0.15, 0.2) is 6.07 Å². The molecule has 1 saturated heterocycles. The van der Waals surface area contributed by atoms with E-state index in [2.05, 4.69) is 9.97 Å². The molecule has 0 spiro atoms. The van der Waals surface area contributed by atoms with Crippen LogP contribution in [0.25, 0.3) is 0 Å². The van der Waals surface area contributed by atoms with Crippen LogP contribution in [-0.4, -0.2) is 42.7 Å². The number of nitrogens with two attached hydrogens (primary N) is 2. The number of carbonyl (C=O) groups is 1. The number of nitrogen functional groups attached to an aromatic ring is 1. The molecule has 0 radical (unpaired) electrons. The Hall–Kier alpha value is -1.89. The minimum Gasteiger partial charge on any atom is -0.381 e. The van der Waals surface area contributed by atoms with Gasteiger partial charge in [-0.1, -0.05) is 0 Å². The van der Waals surface area contributed by atoms with Gasteiger partial charge in [0.05, 0.1) is 18.8 Å². The van der Waals surface area contributed by atoms with Gasteiger partial charge in [0.2, 0.25) is 11.9 Å². The zero-order chi connectivity index (χ0) is 13.1. The van der Waals surface area contributed by atoms with E-state index in [9.17, 15) is 4.79 Å². The minimum atomic E-state index is -0.416. The van der Waals surface area contributed by atoms with Crippen molar-refractivity contribution in [2.45, 2.75) is 12.3 Å². The number of carbonyl (C=O) groups excluding carboxylic acids is 1. The van der Waals surface area contributed by atoms with E-state index in [1.807, 2.05) is 6.07 Å². The molecule has 0 aliphatic carbocycles. The van der Waals surface area contributed by atoms with Crippen molar-refractivity contribution in [2.24, 2.45) is 5.73 Å². The van der Waals surface area contributed by atoms with Gasteiger partial charge in [-0.15, -0.1) is 0 Å². The van der Waals surface area contributed by atoms with Crippen molar-refractivity contribution in [3.8, 4) is 0 Å². The summed E-state index contributed by atoms with van der Waals surface area (Å²) >= 11 is 0. The summed E-state index contributed by atoms with van der Waals surface area (Å²) in [5.41, 5.74) is 11.7. The normalized spacial score (nSPS) is 18.8. The Kier molecular flexibility index (Phi) is 3.61. The van der Waals surface area contributed by atoms with E-state index in [1.54, 1.807) is 11.9 Å². The molecule has 2 heterocycles. The van der Waals surface area contributed by atoms with Gasteiger partial charge in [-0.05, 0) is 6.42 Å². The number of amides is 1. The first kappa shape index (κ1) is 12.6. The van der Waals surface area contributed by atoms with Crippen molar-refractivity contribution in [1.82, 2.24) is 9.97 Å². The number of aromatic nitrogens is 2. The molecule has 1 amide bonds. The number of hydrogen-bond donors (Lipinski definition) is 2. The molecule has 1 aromatic rings. The van der Waals surface area contributed by atoms with Gasteiger partial charge in [-0.3, -0.25) is 4.79 Å². The molecule has 1 fully saturated rings. The summed E-state index contributed by atoms with van der Waals surface area (Å²) in [6.45, 7) is 1.48. The fourth-order valence-electron chi connectivity index (χ4n) is 1.96. The standard InChI is InChI=1S/C11H17N5O2/c1-16(5-9(12)17)10-4-8(14-11(13)15-10)7-2-3-18-6-7/h4,7H,2-3,5-6H2,1H3,(H2,12,17)(H2,13,14,15). The smallest absolute Gasteiger partial charge is 0.236 e. The van der Waals surface area contributed by atoms with Gasteiger partial charge in [0.1, 0.15) is 5.82 Å². The summed E-state index contributed by atoms with van der Waals surface area (Å²) in [5.74, 6) is 0.630. The number of hydrogen-bond acceptors (Lipinski definition) is 6. The quantitative estimate of drug-likeness (QED) is 0.746. The van der Waals surface area contributed by atoms with Crippen LogP contribution >= 0.6 is 0 Å². The van der Waals surface area contributed by atoms with E-state index < -0.39 is 5.91 Å². The predicted molar refractivity (Wildman–Crippen MR) is 67.1 cm³/mol. The molecule has 1 unspecified atom stereocenters. The Morgan fingerprint density at radius 3 is 3.00 bits per heavy atom. The van der Waals surface area contributed by atoms with Gasteiger partial charge in [-0.25, -0.2) is 4.98 Å². The van der Waals surface area contributed by atoms with E-state index in [1.165, 1.54) is 0 Å². The maximum absolute atomic E-state index is 10.9. The molecule has 4 N–H and O–H groups in total. The Bertz CT molecular complexity index is 445. The first-order valence-electron chi connectivity index (χ1n) is 5.78. The SMILES string of the molecule is CN(CC(N)=O)c1cc(C2CCOC2)nc(N)n1. The summed E-state index contributed by atoms with van der Waals surface area (Å²) in [6, 6.07) is 1.83. The van der Waals surface area contributed by atoms with Gasteiger partial charge in [-0.2, -0.15) is 4.98 Å². The highest BCUT2D eigenvalue weighted by molar-refractivity contribution is 5.79. The summed E-state index contributed by atoms with van der Waals surface area (Å²) in [7, 11) is 1.74. The minimum absolute atomic E-state index is 0.0943. The van der Waals surface area contributed by atoms with Gasteiger partial charge in [0.15, 0.2) is 0 Å². The zero-order valence-corrected chi connectivity index (χ0v) is 10.3. The van der Waals surface area contributed by atoms with Crippen molar-refractivity contribution in [3.63, 3.8) is 0 Å². The maximum atomic E-state index is 10.9. The highest BCUT2D eigenvalue weighted by Crippen LogP contribution is 2.26. The Morgan fingerprint density at radius 1 is 1.61 bits per heavy atom. The molecular weight excluding hydrogens is 234 g/mol. The van der Waals surface area contributed by atoms with Gasteiger partial charge in [0, 0.05) is 25.6 Å². The summed E-state index contributed by atoms with van der Waals surface area (Å²) < 4.78 is 5.33. The molecule has 1 atom stereocenters. The summed E-state index contributed by atoms with van der Waals surface area (Å²) in [6.07, 6.45) is 0.926. The van der Waals surface area contributed by atoms with Crippen molar-refractivity contribution in [3.05, 3.63) is 11.8 Å². The number of ether oxygens (including phenoxy) is 1.